The molecule has 3 aromatic rings. The van der Waals surface area contributed by atoms with Gasteiger partial charge in [0.15, 0.2) is 0 Å². The number of nitrogens with zero attached hydrogens (tertiary/aromatic N) is 4. The van der Waals surface area contributed by atoms with Crippen LogP contribution in [0.2, 0.25) is 5.15 Å². The summed E-state index contributed by atoms with van der Waals surface area (Å²) in [5.41, 5.74) is 2.75. The van der Waals surface area contributed by atoms with Gasteiger partial charge >= 0.3 is 5.69 Å². The summed E-state index contributed by atoms with van der Waals surface area (Å²) in [5, 5.41) is 22.8. The Morgan fingerprint density at radius 2 is 2.04 bits per heavy atom. The van der Waals surface area contributed by atoms with Crippen LogP contribution in [0.4, 0.5) is 11.4 Å². The van der Waals surface area contributed by atoms with Gasteiger partial charge in [0.05, 0.1) is 22.3 Å². The number of fused-ring (bicyclic) bond motifs is 1. The highest BCUT2D eigenvalue weighted by Crippen LogP contribution is 2.28. The average Bonchev–Trinajstić information content (AvgIpc) is 2.82. The molecule has 3 rings (SSSR count). The standard InChI is InChI=1S/C20H22ClN5O2/c1-12-9-15(14(11-22)18(21)23-12)24-13-5-6-16-17(10-13)26(19(27)25(16)4)8-7-20(2,3)28/h5-6,9-10,28H,7-8H2,1-4H3,(H,23,24). The lowest BCUT2D eigenvalue weighted by molar-refractivity contribution is 0.0662. The molecule has 0 fully saturated rings. The summed E-state index contributed by atoms with van der Waals surface area (Å²) < 4.78 is 3.23. The van der Waals surface area contributed by atoms with Crippen LogP contribution in [0.15, 0.2) is 29.1 Å². The Labute approximate surface area is 167 Å². The normalized spacial score (nSPS) is 11.6. The Bertz CT molecular complexity index is 1150. The lowest BCUT2D eigenvalue weighted by atomic mass is 10.1. The van der Waals surface area contributed by atoms with Crippen LogP contribution in [-0.4, -0.2) is 24.8 Å². The van der Waals surface area contributed by atoms with E-state index in [0.717, 1.165) is 11.0 Å². The molecule has 0 spiro atoms. The van der Waals surface area contributed by atoms with E-state index >= 15 is 0 Å². The van der Waals surface area contributed by atoms with E-state index in [9.17, 15) is 15.2 Å². The monoisotopic (exact) mass is 399 g/mol. The largest absolute Gasteiger partial charge is 0.390 e. The molecule has 7 nitrogen and oxygen atoms in total. The smallest absolute Gasteiger partial charge is 0.328 e. The van der Waals surface area contributed by atoms with Gasteiger partial charge in [-0.05, 0) is 51.5 Å². The minimum absolute atomic E-state index is 0.142. The number of halogens is 1. The molecule has 0 aliphatic heterocycles. The predicted octanol–water partition coefficient (Wildman–Crippen LogP) is 3.47. The van der Waals surface area contributed by atoms with E-state index in [1.165, 1.54) is 0 Å². The Hall–Kier alpha value is -2.82. The molecule has 0 bridgehead atoms. The van der Waals surface area contributed by atoms with Gasteiger partial charge in [0.25, 0.3) is 0 Å². The van der Waals surface area contributed by atoms with Crippen molar-refractivity contribution in [1.82, 2.24) is 14.1 Å². The fraction of sp³-hybridized carbons (Fsp3) is 0.350. The van der Waals surface area contributed by atoms with Crippen LogP contribution in [0.1, 0.15) is 31.5 Å². The Balaban J connectivity index is 2.06. The summed E-state index contributed by atoms with van der Waals surface area (Å²) >= 11 is 6.08. The summed E-state index contributed by atoms with van der Waals surface area (Å²) in [6.45, 7) is 5.63. The first-order chi connectivity index (χ1) is 13.1. The maximum atomic E-state index is 12.6. The van der Waals surface area contributed by atoms with Crippen molar-refractivity contribution in [2.45, 2.75) is 39.3 Å². The molecule has 2 N–H and O–H groups in total. The van der Waals surface area contributed by atoms with Crippen molar-refractivity contribution < 1.29 is 5.11 Å². The highest BCUT2D eigenvalue weighted by atomic mass is 35.5. The molecular formula is C20H22ClN5O2. The summed E-state index contributed by atoms with van der Waals surface area (Å²) in [5.74, 6) is 0. The third-order valence-corrected chi connectivity index (χ3v) is 4.86. The molecule has 0 radical (unpaired) electrons. The van der Waals surface area contributed by atoms with E-state index in [2.05, 4.69) is 16.4 Å². The molecule has 0 atom stereocenters. The molecule has 0 saturated heterocycles. The van der Waals surface area contributed by atoms with Crippen LogP contribution in [0.3, 0.4) is 0 Å². The molecule has 0 amide bonds. The summed E-state index contributed by atoms with van der Waals surface area (Å²) in [6, 6.07) is 9.36. The van der Waals surface area contributed by atoms with E-state index in [1.54, 1.807) is 43.0 Å². The third-order valence-electron chi connectivity index (χ3n) is 4.59. The molecule has 0 aliphatic carbocycles. The molecule has 8 heteroatoms. The van der Waals surface area contributed by atoms with Crippen molar-refractivity contribution in [1.29, 1.82) is 5.26 Å². The van der Waals surface area contributed by atoms with Crippen LogP contribution in [0.5, 0.6) is 0 Å². The van der Waals surface area contributed by atoms with Gasteiger partial charge in [-0.2, -0.15) is 5.26 Å². The van der Waals surface area contributed by atoms with Crippen molar-refractivity contribution >= 4 is 34.0 Å². The SMILES string of the molecule is Cc1cc(Nc2ccc3c(c2)n(CCC(C)(C)O)c(=O)n3C)c(C#N)c(Cl)n1. The van der Waals surface area contributed by atoms with Crippen LogP contribution < -0.4 is 11.0 Å². The zero-order valence-corrected chi connectivity index (χ0v) is 17.0. The van der Waals surface area contributed by atoms with E-state index in [4.69, 9.17) is 11.6 Å². The lowest BCUT2D eigenvalue weighted by Crippen LogP contribution is -2.27. The fourth-order valence-corrected chi connectivity index (χ4v) is 3.36. The molecule has 0 saturated carbocycles. The van der Waals surface area contributed by atoms with Gasteiger partial charge in [-0.3, -0.25) is 9.13 Å². The van der Waals surface area contributed by atoms with E-state index in [1.807, 2.05) is 18.2 Å². The molecule has 28 heavy (non-hydrogen) atoms. The van der Waals surface area contributed by atoms with E-state index < -0.39 is 5.60 Å². The number of pyridine rings is 1. The highest BCUT2D eigenvalue weighted by Gasteiger charge is 2.17. The van der Waals surface area contributed by atoms with Gasteiger partial charge in [-0.25, -0.2) is 9.78 Å². The second-order valence-corrected chi connectivity index (χ2v) is 7.83. The summed E-state index contributed by atoms with van der Waals surface area (Å²) in [6.07, 6.45) is 0.446. The first kappa shape index (κ1) is 19.9. The van der Waals surface area contributed by atoms with Crippen molar-refractivity contribution in [3.8, 4) is 6.07 Å². The first-order valence-corrected chi connectivity index (χ1v) is 9.24. The minimum Gasteiger partial charge on any atom is -0.390 e. The minimum atomic E-state index is -0.871. The second-order valence-electron chi connectivity index (χ2n) is 7.47. The second kappa shape index (κ2) is 7.30. The predicted molar refractivity (Wildman–Crippen MR) is 110 cm³/mol. The average molecular weight is 400 g/mol. The topological polar surface area (TPSA) is 95.9 Å². The number of nitrogens with one attached hydrogen (secondary N) is 1. The van der Waals surface area contributed by atoms with Crippen molar-refractivity contribution in [2.75, 3.05) is 5.32 Å². The van der Waals surface area contributed by atoms with E-state index in [0.29, 0.717) is 30.0 Å². The van der Waals surface area contributed by atoms with Crippen molar-refractivity contribution in [3.63, 3.8) is 0 Å². The highest BCUT2D eigenvalue weighted by molar-refractivity contribution is 6.31. The maximum absolute atomic E-state index is 12.6. The lowest BCUT2D eigenvalue weighted by Gasteiger charge is -2.17. The van der Waals surface area contributed by atoms with Crippen molar-refractivity contribution in [3.05, 3.63) is 51.2 Å². The van der Waals surface area contributed by atoms with Crippen LogP contribution >= 0.6 is 11.6 Å². The number of rotatable bonds is 5. The molecular weight excluding hydrogens is 378 g/mol. The van der Waals surface area contributed by atoms with Gasteiger partial charge in [0, 0.05) is 25.0 Å². The van der Waals surface area contributed by atoms with Crippen LogP contribution in [0.25, 0.3) is 11.0 Å². The van der Waals surface area contributed by atoms with E-state index in [-0.39, 0.29) is 16.4 Å². The maximum Gasteiger partial charge on any atom is 0.328 e. The number of aryl methyl sites for hydroxylation is 3. The van der Waals surface area contributed by atoms with Crippen LogP contribution in [0, 0.1) is 18.3 Å². The molecule has 2 aromatic heterocycles. The number of aliphatic hydroxyl groups is 1. The number of imidazole rings is 1. The van der Waals surface area contributed by atoms with Gasteiger partial charge in [-0.15, -0.1) is 0 Å². The fourth-order valence-electron chi connectivity index (χ4n) is 3.09. The molecule has 1 aromatic carbocycles. The quantitative estimate of drug-likeness (QED) is 0.640. The zero-order chi connectivity index (χ0) is 20.6. The number of anilines is 2. The zero-order valence-electron chi connectivity index (χ0n) is 16.2. The number of nitriles is 1. The first-order valence-electron chi connectivity index (χ1n) is 8.86. The van der Waals surface area contributed by atoms with Gasteiger partial charge in [0.1, 0.15) is 16.8 Å². The number of hydrogen-bond acceptors (Lipinski definition) is 5. The Morgan fingerprint density at radius 1 is 1.32 bits per heavy atom. The number of aromatic nitrogens is 3. The number of hydrogen-bond donors (Lipinski definition) is 2. The number of benzene rings is 1. The molecule has 0 unspecified atom stereocenters. The van der Waals surface area contributed by atoms with Crippen molar-refractivity contribution in [2.24, 2.45) is 7.05 Å². The molecule has 146 valence electrons. The molecule has 0 aliphatic rings. The Kier molecular flexibility index (Phi) is 5.20. The Morgan fingerprint density at radius 3 is 2.68 bits per heavy atom. The van der Waals surface area contributed by atoms with Gasteiger partial charge < -0.3 is 10.4 Å². The molecule has 2 heterocycles. The summed E-state index contributed by atoms with van der Waals surface area (Å²) in [7, 11) is 1.72. The summed E-state index contributed by atoms with van der Waals surface area (Å²) in [4.78, 5) is 16.7. The van der Waals surface area contributed by atoms with Gasteiger partial charge in [0.2, 0.25) is 0 Å². The third kappa shape index (κ3) is 3.88. The van der Waals surface area contributed by atoms with Gasteiger partial charge in [-0.1, -0.05) is 11.6 Å². The van der Waals surface area contributed by atoms with Crippen LogP contribution in [-0.2, 0) is 13.6 Å².